The number of nitrogens with zero attached hydrogens (tertiary/aromatic N) is 7. The van der Waals surface area contributed by atoms with Crippen LogP contribution in [0.15, 0.2) is 47.5 Å². The Bertz CT molecular complexity index is 1590. The summed E-state index contributed by atoms with van der Waals surface area (Å²) < 4.78 is 21.3. The molecule has 0 spiro atoms. The number of hydrogen-bond acceptors (Lipinski definition) is 14. The van der Waals surface area contributed by atoms with Crippen LogP contribution in [0.1, 0.15) is 18.1 Å². The van der Waals surface area contributed by atoms with Gasteiger partial charge in [0, 0.05) is 31.3 Å². The van der Waals surface area contributed by atoms with Crippen molar-refractivity contribution in [3.05, 3.63) is 73.8 Å². The first-order valence-electron chi connectivity index (χ1n) is 11.9. The Morgan fingerprint density at radius 3 is 2.54 bits per heavy atom. The minimum atomic E-state index is -0.950. The van der Waals surface area contributed by atoms with Crippen LogP contribution < -0.4 is 14.2 Å². The highest BCUT2D eigenvalue weighted by atomic mass is 16.6. The minimum Gasteiger partial charge on any atom is -0.463 e. The smallest absolute Gasteiger partial charge is 0.392 e. The molecule has 0 aliphatic carbocycles. The van der Waals surface area contributed by atoms with Gasteiger partial charge in [-0.15, -0.1) is 0 Å². The number of esters is 1. The molecule has 16 nitrogen and oxygen atoms in total. The number of benzene rings is 2. The molecule has 0 fully saturated rings. The number of carbonyl (C=O) groups excluding carboxylic acids is 1. The highest BCUT2D eigenvalue weighted by molar-refractivity contribution is 5.99. The molecule has 4 rings (SSSR count). The van der Waals surface area contributed by atoms with Crippen LogP contribution in [0.25, 0.3) is 0 Å². The number of rotatable bonds is 11. The van der Waals surface area contributed by atoms with Crippen molar-refractivity contribution in [2.24, 2.45) is 4.99 Å². The first-order chi connectivity index (χ1) is 19.7. The Morgan fingerprint density at radius 2 is 1.88 bits per heavy atom. The second kappa shape index (κ2) is 12.3. The molecule has 210 valence electrons. The topological polar surface area (TPSA) is 205 Å². The lowest BCUT2D eigenvalue weighted by Gasteiger charge is -2.15. The van der Waals surface area contributed by atoms with E-state index in [-0.39, 0.29) is 17.9 Å². The van der Waals surface area contributed by atoms with E-state index in [1.807, 2.05) is 18.0 Å². The lowest BCUT2D eigenvalue weighted by atomic mass is 10.2. The van der Waals surface area contributed by atoms with Gasteiger partial charge in [-0.3, -0.25) is 25.2 Å². The molecular weight excluding hydrogens is 542 g/mol. The van der Waals surface area contributed by atoms with E-state index in [9.17, 15) is 30.3 Å². The van der Waals surface area contributed by atoms with E-state index in [4.69, 9.17) is 18.9 Å². The van der Waals surface area contributed by atoms with Crippen molar-refractivity contribution in [3.63, 3.8) is 0 Å². The third-order valence-electron chi connectivity index (χ3n) is 5.47. The monoisotopic (exact) mass is 563 g/mol. The molecule has 16 heteroatoms. The molecule has 0 atom stereocenters. The number of amidine groups is 1. The van der Waals surface area contributed by atoms with Crippen molar-refractivity contribution in [2.45, 2.75) is 6.92 Å². The van der Waals surface area contributed by atoms with E-state index in [1.165, 1.54) is 6.07 Å². The van der Waals surface area contributed by atoms with Gasteiger partial charge in [0.1, 0.15) is 11.6 Å². The van der Waals surface area contributed by atoms with Crippen LogP contribution in [0, 0.1) is 31.6 Å². The van der Waals surface area contributed by atoms with Crippen LogP contribution in [0.2, 0.25) is 0 Å². The normalized spacial score (nSPS) is 12.2. The molecule has 41 heavy (non-hydrogen) atoms. The maximum absolute atomic E-state index is 12.0. The van der Waals surface area contributed by atoms with E-state index >= 15 is 0 Å². The number of aromatic nitrogens is 2. The molecule has 2 heterocycles. The van der Waals surface area contributed by atoms with E-state index in [0.29, 0.717) is 6.54 Å². The fraction of sp³-hybridized carbons (Fsp3) is 0.240. The number of nitro benzene ring substituents is 1. The van der Waals surface area contributed by atoms with Gasteiger partial charge in [0.2, 0.25) is 5.75 Å². The van der Waals surface area contributed by atoms with E-state index in [1.54, 1.807) is 31.2 Å². The Balaban J connectivity index is 1.79. The summed E-state index contributed by atoms with van der Waals surface area (Å²) in [4.78, 5) is 48.1. The molecule has 0 radical (unpaired) electrons. The van der Waals surface area contributed by atoms with E-state index < -0.39 is 57.3 Å². The summed E-state index contributed by atoms with van der Waals surface area (Å²) in [7, 11) is 1.88. The average molecular weight is 563 g/mol. The molecule has 3 aromatic rings. The highest BCUT2D eigenvalue weighted by Gasteiger charge is 2.32. The van der Waals surface area contributed by atoms with Crippen molar-refractivity contribution in [1.82, 2.24) is 14.9 Å². The molecular formula is C25H21N7O9. The zero-order valence-electron chi connectivity index (χ0n) is 21.7. The minimum absolute atomic E-state index is 0.0193. The lowest BCUT2D eigenvalue weighted by molar-refractivity contribution is -0.388. The average Bonchev–Trinajstić information content (AvgIpc) is 3.37. The van der Waals surface area contributed by atoms with Gasteiger partial charge in [-0.25, -0.2) is 4.79 Å². The molecule has 1 aromatic heterocycles. The molecule has 1 aliphatic heterocycles. The summed E-state index contributed by atoms with van der Waals surface area (Å²) in [6.45, 7) is 2.22. The van der Waals surface area contributed by atoms with Crippen LogP contribution >= 0.6 is 0 Å². The largest absolute Gasteiger partial charge is 0.463 e. The Labute approximate surface area is 231 Å². The molecule has 0 amide bonds. The van der Waals surface area contributed by atoms with Crippen LogP contribution in [0.3, 0.4) is 0 Å². The van der Waals surface area contributed by atoms with Crippen LogP contribution in [0.4, 0.5) is 11.4 Å². The molecule has 0 saturated heterocycles. The summed E-state index contributed by atoms with van der Waals surface area (Å²) >= 11 is 0. The van der Waals surface area contributed by atoms with Gasteiger partial charge in [0.25, 0.3) is 0 Å². The van der Waals surface area contributed by atoms with Gasteiger partial charge in [-0.2, -0.15) is 15.2 Å². The summed E-state index contributed by atoms with van der Waals surface area (Å²) in [6.07, 6.45) is 0. The second-order valence-corrected chi connectivity index (χ2v) is 8.23. The van der Waals surface area contributed by atoms with Crippen molar-refractivity contribution >= 4 is 23.2 Å². The van der Waals surface area contributed by atoms with Crippen molar-refractivity contribution in [1.29, 1.82) is 5.26 Å². The maximum atomic E-state index is 12.0. The standard InChI is InChI=1S/C25H21N7O9/c1-3-38-20(33)14-39-23-21(32(36)37)24(41-19-11-15(13-26)7-8-18(19)31(34)35)29-25(28-23)40-17-6-4-5-16(12-17)22-27-9-10-30(22)2/h4-8,11-12H,3,9-10,14H2,1-2H3. The molecule has 1 aliphatic rings. The van der Waals surface area contributed by atoms with Crippen LogP contribution in [0.5, 0.6) is 29.3 Å². The summed E-state index contributed by atoms with van der Waals surface area (Å²) in [6, 6.07) is 11.2. The highest BCUT2D eigenvalue weighted by Crippen LogP contribution is 2.41. The third kappa shape index (κ3) is 6.60. The maximum Gasteiger partial charge on any atom is 0.392 e. The number of ether oxygens (including phenoxy) is 4. The number of carbonyl (C=O) groups is 1. The summed E-state index contributed by atoms with van der Waals surface area (Å²) in [5.74, 6) is -1.92. The van der Waals surface area contributed by atoms with Crippen molar-refractivity contribution < 1.29 is 33.6 Å². The fourth-order valence-corrected chi connectivity index (χ4v) is 3.67. The molecule has 0 unspecified atom stereocenters. The Hall–Kier alpha value is -5.85. The first kappa shape index (κ1) is 28.2. The van der Waals surface area contributed by atoms with Gasteiger partial charge in [0.05, 0.1) is 34.6 Å². The molecule has 0 N–H and O–H groups in total. The quantitative estimate of drug-likeness (QED) is 0.186. The Kier molecular flexibility index (Phi) is 8.48. The lowest BCUT2D eigenvalue weighted by Crippen LogP contribution is -2.23. The zero-order valence-corrected chi connectivity index (χ0v) is 21.7. The zero-order chi connectivity index (χ0) is 29.5. The SMILES string of the molecule is CCOC(=O)COc1nc(Oc2cccc(C3=NCCN3C)c2)nc(Oc2cc(C#N)ccc2[N+](=O)[O-])c1[N+](=O)[O-]. The van der Waals surface area contributed by atoms with E-state index in [0.717, 1.165) is 30.1 Å². The van der Waals surface area contributed by atoms with Gasteiger partial charge in [-0.1, -0.05) is 12.1 Å². The summed E-state index contributed by atoms with van der Waals surface area (Å²) in [5, 5.41) is 32.8. The molecule has 0 saturated carbocycles. The molecule has 2 aromatic carbocycles. The van der Waals surface area contributed by atoms with Gasteiger partial charge in [-0.05, 0) is 25.1 Å². The number of hydrogen-bond donors (Lipinski definition) is 0. The number of nitro groups is 2. The third-order valence-corrected chi connectivity index (χ3v) is 5.47. The number of likely N-dealkylation sites (N-methyl/N-ethyl adjacent to an activating group) is 1. The molecule has 0 bridgehead atoms. The van der Waals surface area contributed by atoms with Gasteiger partial charge < -0.3 is 23.8 Å². The first-order valence-corrected chi connectivity index (χ1v) is 11.9. The van der Waals surface area contributed by atoms with Crippen LogP contribution in [-0.4, -0.2) is 69.9 Å². The van der Waals surface area contributed by atoms with Gasteiger partial charge >= 0.3 is 35.1 Å². The van der Waals surface area contributed by atoms with E-state index in [2.05, 4.69) is 15.0 Å². The fourth-order valence-electron chi connectivity index (χ4n) is 3.67. The second-order valence-electron chi connectivity index (χ2n) is 8.23. The summed E-state index contributed by atoms with van der Waals surface area (Å²) in [5.41, 5.74) is -0.839. The number of nitriles is 1. The van der Waals surface area contributed by atoms with Crippen LogP contribution in [-0.2, 0) is 9.53 Å². The number of aliphatic imine (C=N–C) groups is 1. The van der Waals surface area contributed by atoms with Crippen molar-refractivity contribution in [2.75, 3.05) is 33.4 Å². The predicted octanol–water partition coefficient (Wildman–Crippen LogP) is 3.38. The predicted molar refractivity (Wildman–Crippen MR) is 139 cm³/mol. The Morgan fingerprint density at radius 1 is 1.10 bits per heavy atom. The van der Waals surface area contributed by atoms with Crippen molar-refractivity contribution in [3.8, 4) is 35.3 Å². The van der Waals surface area contributed by atoms with Gasteiger partial charge in [0.15, 0.2) is 6.61 Å².